The molecule has 2 aromatic rings. The fourth-order valence-electron chi connectivity index (χ4n) is 3.81. The third-order valence-electron chi connectivity index (χ3n) is 5.09. The quantitative estimate of drug-likeness (QED) is 0.824. The summed E-state index contributed by atoms with van der Waals surface area (Å²) in [5.41, 5.74) is 1.19. The fraction of sp³-hybridized carbons (Fsp3) is 0.611. The average Bonchev–Trinajstić information content (AvgIpc) is 3.02. The first-order valence-corrected chi connectivity index (χ1v) is 9.89. The molecule has 0 bridgehead atoms. The van der Waals surface area contributed by atoms with Crippen LogP contribution in [0, 0.1) is 13.8 Å². The van der Waals surface area contributed by atoms with E-state index in [9.17, 15) is 4.79 Å². The number of hydrogen-bond donors (Lipinski definition) is 0. The highest BCUT2D eigenvalue weighted by Gasteiger charge is 2.34. The summed E-state index contributed by atoms with van der Waals surface area (Å²) in [6.07, 6.45) is 3.08. The Hall–Kier alpha value is -1.73. The number of nitrogens with zero attached hydrogens (tertiary/aromatic N) is 4. The second-order valence-corrected chi connectivity index (χ2v) is 7.69. The Labute approximate surface area is 151 Å². The number of morpholine rings is 1. The van der Waals surface area contributed by atoms with E-state index in [-0.39, 0.29) is 11.9 Å². The van der Waals surface area contributed by atoms with Crippen LogP contribution >= 0.6 is 11.3 Å². The maximum atomic E-state index is 13.2. The molecule has 0 N–H and O–H groups in total. The van der Waals surface area contributed by atoms with Crippen LogP contribution in [-0.4, -0.2) is 59.7 Å². The minimum atomic E-state index is -0.122. The van der Waals surface area contributed by atoms with E-state index in [1.165, 1.54) is 5.56 Å². The molecule has 2 saturated heterocycles. The SMILES string of the molecule is Cc1nc(N2CCCCC2C(=O)N2CCOCC2)c2c(C)csc2n1. The van der Waals surface area contributed by atoms with Gasteiger partial charge in [0.25, 0.3) is 0 Å². The summed E-state index contributed by atoms with van der Waals surface area (Å²) in [4.78, 5) is 27.7. The molecule has 2 aromatic heterocycles. The minimum absolute atomic E-state index is 0.122. The highest BCUT2D eigenvalue weighted by molar-refractivity contribution is 7.17. The standard InChI is InChI=1S/C18H24N4O2S/c1-12-11-25-17-15(12)16(19-13(2)20-17)22-6-4-3-5-14(22)18(23)21-7-9-24-10-8-21/h11,14H,3-10H2,1-2H3. The van der Waals surface area contributed by atoms with Crippen LogP contribution in [0.5, 0.6) is 0 Å². The molecule has 6 nitrogen and oxygen atoms in total. The summed E-state index contributed by atoms with van der Waals surface area (Å²) < 4.78 is 5.40. The summed E-state index contributed by atoms with van der Waals surface area (Å²) in [5.74, 6) is 1.93. The number of thiophene rings is 1. The van der Waals surface area contributed by atoms with Crippen LogP contribution < -0.4 is 4.90 Å². The van der Waals surface area contributed by atoms with Gasteiger partial charge in [-0.15, -0.1) is 11.3 Å². The maximum absolute atomic E-state index is 13.2. The van der Waals surface area contributed by atoms with E-state index < -0.39 is 0 Å². The van der Waals surface area contributed by atoms with E-state index in [4.69, 9.17) is 9.72 Å². The van der Waals surface area contributed by atoms with Crippen molar-refractivity contribution in [2.75, 3.05) is 37.7 Å². The van der Waals surface area contributed by atoms with Crippen LogP contribution in [0.1, 0.15) is 30.7 Å². The van der Waals surface area contributed by atoms with Crippen molar-refractivity contribution in [2.45, 2.75) is 39.2 Å². The third-order valence-corrected chi connectivity index (χ3v) is 6.08. The Bertz CT molecular complexity index is 785. The van der Waals surface area contributed by atoms with Gasteiger partial charge >= 0.3 is 0 Å². The van der Waals surface area contributed by atoms with Gasteiger partial charge in [0, 0.05) is 19.6 Å². The summed E-state index contributed by atoms with van der Waals surface area (Å²) in [5, 5.41) is 3.24. The number of aromatic nitrogens is 2. The molecule has 0 saturated carbocycles. The molecule has 1 amide bonds. The van der Waals surface area contributed by atoms with Crippen molar-refractivity contribution >= 4 is 33.3 Å². The predicted octanol–water partition coefficient (Wildman–Crippen LogP) is 2.53. The predicted molar refractivity (Wildman–Crippen MR) is 99.3 cm³/mol. The lowest BCUT2D eigenvalue weighted by atomic mass is 10.00. The molecule has 2 fully saturated rings. The van der Waals surface area contributed by atoms with E-state index in [1.807, 2.05) is 11.8 Å². The first kappa shape index (κ1) is 16.7. The Morgan fingerprint density at radius 2 is 2.00 bits per heavy atom. The molecular formula is C18H24N4O2S. The monoisotopic (exact) mass is 360 g/mol. The average molecular weight is 360 g/mol. The lowest BCUT2D eigenvalue weighted by Crippen LogP contribution is -2.54. The van der Waals surface area contributed by atoms with Gasteiger partial charge in [0.05, 0.1) is 18.6 Å². The normalized spacial score (nSPS) is 21.8. The van der Waals surface area contributed by atoms with Crippen molar-refractivity contribution in [3.63, 3.8) is 0 Å². The number of rotatable bonds is 2. The highest BCUT2D eigenvalue weighted by atomic mass is 32.1. The van der Waals surface area contributed by atoms with Gasteiger partial charge in [-0.2, -0.15) is 0 Å². The van der Waals surface area contributed by atoms with Gasteiger partial charge in [0.1, 0.15) is 22.5 Å². The lowest BCUT2D eigenvalue weighted by Gasteiger charge is -2.39. The summed E-state index contributed by atoms with van der Waals surface area (Å²) in [7, 11) is 0. The summed E-state index contributed by atoms with van der Waals surface area (Å²) in [6.45, 7) is 7.57. The Morgan fingerprint density at radius 1 is 1.20 bits per heavy atom. The fourth-order valence-corrected chi connectivity index (χ4v) is 4.77. The lowest BCUT2D eigenvalue weighted by molar-refractivity contribution is -0.137. The van der Waals surface area contributed by atoms with E-state index in [1.54, 1.807) is 11.3 Å². The molecule has 2 aliphatic rings. The van der Waals surface area contributed by atoms with Crippen LogP contribution in [0.3, 0.4) is 0 Å². The van der Waals surface area contributed by atoms with Gasteiger partial charge < -0.3 is 14.5 Å². The van der Waals surface area contributed by atoms with Crippen LogP contribution in [0.2, 0.25) is 0 Å². The first-order valence-electron chi connectivity index (χ1n) is 9.01. The minimum Gasteiger partial charge on any atom is -0.378 e. The number of carbonyl (C=O) groups excluding carboxylic acids is 1. The van der Waals surface area contributed by atoms with Crippen LogP contribution in [-0.2, 0) is 9.53 Å². The van der Waals surface area contributed by atoms with E-state index in [2.05, 4.69) is 22.2 Å². The molecule has 0 aliphatic carbocycles. The highest BCUT2D eigenvalue weighted by Crippen LogP contribution is 2.35. The molecule has 7 heteroatoms. The van der Waals surface area contributed by atoms with Crippen molar-refractivity contribution in [3.05, 3.63) is 16.8 Å². The zero-order valence-corrected chi connectivity index (χ0v) is 15.6. The van der Waals surface area contributed by atoms with Crippen LogP contribution in [0.4, 0.5) is 5.82 Å². The smallest absolute Gasteiger partial charge is 0.245 e. The molecule has 0 spiro atoms. The van der Waals surface area contributed by atoms with E-state index >= 15 is 0 Å². The van der Waals surface area contributed by atoms with Crippen LogP contribution in [0.25, 0.3) is 10.2 Å². The van der Waals surface area contributed by atoms with Gasteiger partial charge in [0.2, 0.25) is 5.91 Å². The number of carbonyl (C=O) groups is 1. The maximum Gasteiger partial charge on any atom is 0.245 e. The van der Waals surface area contributed by atoms with Gasteiger partial charge in [-0.3, -0.25) is 4.79 Å². The zero-order chi connectivity index (χ0) is 17.4. The molecule has 4 heterocycles. The third kappa shape index (κ3) is 3.11. The number of aryl methyl sites for hydroxylation is 2. The number of anilines is 1. The first-order chi connectivity index (χ1) is 12.1. The van der Waals surface area contributed by atoms with Crippen molar-refractivity contribution in [3.8, 4) is 0 Å². The molecule has 0 aromatic carbocycles. The topological polar surface area (TPSA) is 58.6 Å². The molecular weight excluding hydrogens is 336 g/mol. The second kappa shape index (κ2) is 6.88. The van der Waals surface area contributed by atoms with Gasteiger partial charge in [-0.1, -0.05) is 0 Å². The van der Waals surface area contributed by atoms with Gasteiger partial charge in [-0.05, 0) is 44.1 Å². The summed E-state index contributed by atoms with van der Waals surface area (Å²) >= 11 is 1.65. The Balaban J connectivity index is 1.72. The number of ether oxygens (including phenoxy) is 1. The van der Waals surface area contributed by atoms with Crippen molar-refractivity contribution < 1.29 is 9.53 Å². The molecule has 1 atom stereocenters. The molecule has 1 unspecified atom stereocenters. The van der Waals surface area contributed by atoms with E-state index in [0.717, 1.165) is 47.7 Å². The second-order valence-electron chi connectivity index (χ2n) is 6.84. The number of amides is 1. The molecule has 0 radical (unpaired) electrons. The Kier molecular flexibility index (Phi) is 4.60. The number of piperidine rings is 1. The van der Waals surface area contributed by atoms with Crippen LogP contribution in [0.15, 0.2) is 5.38 Å². The van der Waals surface area contributed by atoms with Crippen molar-refractivity contribution in [2.24, 2.45) is 0 Å². The molecule has 134 valence electrons. The Morgan fingerprint density at radius 3 is 2.80 bits per heavy atom. The molecule has 4 rings (SSSR count). The van der Waals surface area contributed by atoms with Crippen molar-refractivity contribution in [1.82, 2.24) is 14.9 Å². The number of fused-ring (bicyclic) bond motifs is 1. The molecule has 25 heavy (non-hydrogen) atoms. The van der Waals surface area contributed by atoms with Crippen molar-refractivity contribution in [1.29, 1.82) is 0 Å². The largest absolute Gasteiger partial charge is 0.378 e. The number of hydrogen-bond acceptors (Lipinski definition) is 6. The molecule has 2 aliphatic heterocycles. The zero-order valence-electron chi connectivity index (χ0n) is 14.8. The van der Waals surface area contributed by atoms with Gasteiger partial charge in [0.15, 0.2) is 0 Å². The van der Waals surface area contributed by atoms with Gasteiger partial charge in [-0.25, -0.2) is 9.97 Å². The summed E-state index contributed by atoms with van der Waals surface area (Å²) in [6, 6.07) is -0.122. The van der Waals surface area contributed by atoms with E-state index in [0.29, 0.717) is 26.3 Å².